The summed E-state index contributed by atoms with van der Waals surface area (Å²) in [5.74, 6) is 1.44. The number of para-hydroxylation sites is 1. The number of nitrogens with one attached hydrogen (secondary N) is 1. The molecule has 0 aliphatic rings. The van der Waals surface area contributed by atoms with Crippen LogP contribution in [0.15, 0.2) is 48.5 Å². The molecule has 0 saturated heterocycles. The molecule has 2 N–H and O–H groups in total. The Labute approximate surface area is 138 Å². The Hall–Kier alpha value is -2.04. The first-order valence-electron chi connectivity index (χ1n) is 7.82. The van der Waals surface area contributed by atoms with Gasteiger partial charge in [-0.15, -0.1) is 0 Å². The average Bonchev–Trinajstić information content (AvgIpc) is 2.58. The highest BCUT2D eigenvalue weighted by Gasteiger charge is 2.19. The van der Waals surface area contributed by atoms with Gasteiger partial charge in [-0.25, -0.2) is 0 Å². The highest BCUT2D eigenvalue weighted by Crippen LogP contribution is 2.35. The third-order valence-corrected chi connectivity index (χ3v) is 3.75. The lowest BCUT2D eigenvalue weighted by Crippen LogP contribution is -2.30. The first kappa shape index (κ1) is 17.3. The molecular formula is C19H25NO3. The Kier molecular flexibility index (Phi) is 6.44. The lowest BCUT2D eigenvalue weighted by molar-refractivity contribution is 0.185. The van der Waals surface area contributed by atoms with Crippen molar-refractivity contribution >= 4 is 0 Å². The minimum absolute atomic E-state index is 0.0250. The zero-order chi connectivity index (χ0) is 16.7. The summed E-state index contributed by atoms with van der Waals surface area (Å²) in [5, 5.41) is 13.0. The van der Waals surface area contributed by atoms with Crippen molar-refractivity contribution in [3.63, 3.8) is 0 Å². The van der Waals surface area contributed by atoms with E-state index >= 15 is 0 Å². The fourth-order valence-electron chi connectivity index (χ4n) is 2.64. The number of rotatable bonds is 8. The molecule has 0 bridgehead atoms. The van der Waals surface area contributed by atoms with Crippen molar-refractivity contribution in [1.29, 1.82) is 0 Å². The number of hydrogen-bond donors (Lipinski definition) is 2. The summed E-state index contributed by atoms with van der Waals surface area (Å²) in [6.45, 7) is 2.28. The summed E-state index contributed by atoms with van der Waals surface area (Å²) in [6, 6.07) is 16.2. The van der Waals surface area contributed by atoms with Gasteiger partial charge >= 0.3 is 0 Å². The summed E-state index contributed by atoms with van der Waals surface area (Å²) in [5.41, 5.74) is 2.25. The SMILES string of the molecule is COc1cccc([C@@H](Cc2ccccc2)NC[C@@H](C)O)c1OC. The Morgan fingerprint density at radius 2 is 1.74 bits per heavy atom. The van der Waals surface area contributed by atoms with Gasteiger partial charge in [-0.3, -0.25) is 0 Å². The molecule has 2 aromatic rings. The molecule has 0 aliphatic carbocycles. The Balaban J connectivity index is 2.32. The third-order valence-electron chi connectivity index (χ3n) is 3.75. The Bertz CT molecular complexity index is 599. The summed E-state index contributed by atoms with van der Waals surface area (Å²) >= 11 is 0. The fraction of sp³-hybridized carbons (Fsp3) is 0.368. The lowest BCUT2D eigenvalue weighted by atomic mass is 9.97. The smallest absolute Gasteiger partial charge is 0.165 e. The Morgan fingerprint density at radius 1 is 1.00 bits per heavy atom. The molecule has 0 saturated carbocycles. The molecule has 2 atom stereocenters. The second-order valence-electron chi connectivity index (χ2n) is 5.58. The van der Waals surface area contributed by atoms with E-state index in [1.807, 2.05) is 36.4 Å². The predicted octanol–water partition coefficient (Wildman–Crippen LogP) is 2.96. The van der Waals surface area contributed by atoms with E-state index in [9.17, 15) is 5.11 Å². The van der Waals surface area contributed by atoms with Crippen molar-refractivity contribution in [3.05, 3.63) is 59.7 Å². The standard InChI is InChI=1S/C19H25NO3/c1-14(21)13-20-17(12-15-8-5-4-6-9-15)16-10-7-11-18(22-2)19(16)23-3/h4-11,14,17,20-21H,12-13H2,1-3H3/t14-,17-/m1/s1. The van der Waals surface area contributed by atoms with E-state index in [0.717, 1.165) is 17.7 Å². The fourth-order valence-corrected chi connectivity index (χ4v) is 2.64. The van der Waals surface area contributed by atoms with E-state index in [0.29, 0.717) is 12.3 Å². The number of hydrogen-bond acceptors (Lipinski definition) is 4. The highest BCUT2D eigenvalue weighted by molar-refractivity contribution is 5.48. The molecule has 0 aliphatic heterocycles. The summed E-state index contributed by atoms with van der Waals surface area (Å²) in [4.78, 5) is 0. The van der Waals surface area contributed by atoms with Crippen LogP contribution >= 0.6 is 0 Å². The van der Waals surface area contributed by atoms with Gasteiger partial charge in [-0.05, 0) is 25.0 Å². The molecule has 4 nitrogen and oxygen atoms in total. The zero-order valence-electron chi connectivity index (χ0n) is 14.0. The quantitative estimate of drug-likeness (QED) is 0.786. The van der Waals surface area contributed by atoms with E-state index < -0.39 is 6.10 Å². The minimum atomic E-state index is -0.412. The van der Waals surface area contributed by atoms with Crippen molar-refractivity contribution in [2.75, 3.05) is 20.8 Å². The van der Waals surface area contributed by atoms with Crippen LogP contribution in [0.25, 0.3) is 0 Å². The molecule has 0 aromatic heterocycles. The summed E-state index contributed by atoms with van der Waals surface area (Å²) in [6.07, 6.45) is 0.391. The molecule has 0 spiro atoms. The van der Waals surface area contributed by atoms with Crippen LogP contribution in [-0.4, -0.2) is 32.0 Å². The number of aliphatic hydroxyl groups is 1. The van der Waals surface area contributed by atoms with Gasteiger partial charge in [0.25, 0.3) is 0 Å². The Morgan fingerprint density at radius 3 is 2.35 bits per heavy atom. The molecule has 0 unspecified atom stereocenters. The van der Waals surface area contributed by atoms with Crippen molar-refractivity contribution in [1.82, 2.24) is 5.32 Å². The highest BCUT2D eigenvalue weighted by atomic mass is 16.5. The van der Waals surface area contributed by atoms with Gasteiger partial charge in [0.05, 0.1) is 20.3 Å². The number of aliphatic hydroxyl groups excluding tert-OH is 1. The topological polar surface area (TPSA) is 50.7 Å². The molecule has 0 fully saturated rings. The van der Waals surface area contributed by atoms with Gasteiger partial charge < -0.3 is 19.9 Å². The largest absolute Gasteiger partial charge is 0.493 e. The molecule has 124 valence electrons. The van der Waals surface area contributed by atoms with Gasteiger partial charge in [0.2, 0.25) is 0 Å². The molecule has 4 heteroatoms. The number of methoxy groups -OCH3 is 2. The van der Waals surface area contributed by atoms with E-state index in [4.69, 9.17) is 9.47 Å². The predicted molar refractivity (Wildman–Crippen MR) is 92.1 cm³/mol. The average molecular weight is 315 g/mol. The molecule has 2 aromatic carbocycles. The maximum absolute atomic E-state index is 9.62. The van der Waals surface area contributed by atoms with Gasteiger partial charge in [0.1, 0.15) is 0 Å². The van der Waals surface area contributed by atoms with Crippen LogP contribution in [0, 0.1) is 0 Å². The van der Waals surface area contributed by atoms with Crippen LogP contribution in [0.3, 0.4) is 0 Å². The van der Waals surface area contributed by atoms with E-state index in [1.54, 1.807) is 21.1 Å². The van der Waals surface area contributed by atoms with Gasteiger partial charge in [-0.2, -0.15) is 0 Å². The molecule has 2 rings (SSSR count). The normalized spacial score (nSPS) is 13.4. The molecule has 0 heterocycles. The molecule has 23 heavy (non-hydrogen) atoms. The van der Waals surface area contributed by atoms with Crippen LogP contribution in [0.1, 0.15) is 24.1 Å². The second-order valence-corrected chi connectivity index (χ2v) is 5.58. The first-order chi connectivity index (χ1) is 11.2. The van der Waals surface area contributed by atoms with E-state index in [-0.39, 0.29) is 6.04 Å². The van der Waals surface area contributed by atoms with Crippen LogP contribution < -0.4 is 14.8 Å². The van der Waals surface area contributed by atoms with Crippen molar-refractivity contribution in [2.24, 2.45) is 0 Å². The molecule has 0 amide bonds. The van der Waals surface area contributed by atoms with E-state index in [2.05, 4.69) is 17.4 Å². The summed E-state index contributed by atoms with van der Waals surface area (Å²) in [7, 11) is 3.28. The maximum atomic E-state index is 9.62. The van der Waals surface area contributed by atoms with Crippen LogP contribution in [0.4, 0.5) is 0 Å². The van der Waals surface area contributed by atoms with Crippen molar-refractivity contribution in [2.45, 2.75) is 25.5 Å². The number of ether oxygens (including phenoxy) is 2. The van der Waals surface area contributed by atoms with Gasteiger partial charge in [0, 0.05) is 18.2 Å². The zero-order valence-corrected chi connectivity index (χ0v) is 14.0. The minimum Gasteiger partial charge on any atom is -0.493 e. The summed E-state index contributed by atoms with van der Waals surface area (Å²) < 4.78 is 11.0. The van der Waals surface area contributed by atoms with Crippen LogP contribution in [0.2, 0.25) is 0 Å². The number of benzene rings is 2. The molecular weight excluding hydrogens is 290 g/mol. The molecule has 0 radical (unpaired) electrons. The first-order valence-corrected chi connectivity index (χ1v) is 7.82. The van der Waals surface area contributed by atoms with Crippen LogP contribution in [-0.2, 0) is 6.42 Å². The maximum Gasteiger partial charge on any atom is 0.165 e. The second kappa shape index (κ2) is 8.56. The lowest BCUT2D eigenvalue weighted by Gasteiger charge is -2.23. The van der Waals surface area contributed by atoms with Crippen molar-refractivity contribution in [3.8, 4) is 11.5 Å². The third kappa shape index (κ3) is 4.71. The van der Waals surface area contributed by atoms with Gasteiger partial charge in [-0.1, -0.05) is 42.5 Å². The van der Waals surface area contributed by atoms with Crippen molar-refractivity contribution < 1.29 is 14.6 Å². The monoisotopic (exact) mass is 315 g/mol. The van der Waals surface area contributed by atoms with Crippen LogP contribution in [0.5, 0.6) is 11.5 Å². The van der Waals surface area contributed by atoms with E-state index in [1.165, 1.54) is 5.56 Å². The van der Waals surface area contributed by atoms with Gasteiger partial charge in [0.15, 0.2) is 11.5 Å².